The smallest absolute Gasteiger partial charge is 0.324 e. The molecule has 1 unspecified atom stereocenters. The van der Waals surface area contributed by atoms with Gasteiger partial charge in [-0.2, -0.15) is 5.26 Å². The fourth-order valence-corrected chi connectivity index (χ4v) is 2.10. The number of hydrogen-bond acceptors (Lipinski definition) is 6. The van der Waals surface area contributed by atoms with Crippen LogP contribution in [0, 0.1) is 21.4 Å². The third kappa shape index (κ3) is 4.12. The van der Waals surface area contributed by atoms with E-state index in [1.165, 1.54) is 13.0 Å². The topological polar surface area (TPSA) is 108 Å². The Morgan fingerprint density at radius 1 is 1.61 bits per heavy atom. The summed E-state index contributed by atoms with van der Waals surface area (Å²) in [4.78, 5) is 21.3. The van der Waals surface area contributed by atoms with Crippen molar-refractivity contribution < 1.29 is 9.72 Å². The van der Waals surface area contributed by atoms with Crippen LogP contribution in [0.25, 0.3) is 0 Å². The van der Waals surface area contributed by atoms with Gasteiger partial charge in [0.05, 0.1) is 11.0 Å². The van der Waals surface area contributed by atoms with Crippen LogP contribution in [0.4, 0.5) is 5.00 Å². The summed E-state index contributed by atoms with van der Waals surface area (Å²) in [7, 11) is 0. The highest BCUT2D eigenvalue weighted by Crippen LogP contribution is 2.28. The van der Waals surface area contributed by atoms with Crippen molar-refractivity contribution in [3.05, 3.63) is 27.1 Å². The van der Waals surface area contributed by atoms with E-state index < -0.39 is 11.0 Å². The van der Waals surface area contributed by atoms with Crippen LogP contribution in [0.1, 0.15) is 17.8 Å². The summed E-state index contributed by atoms with van der Waals surface area (Å²) in [6.45, 7) is 2.23. The number of carbonyl (C=O) groups is 1. The Hall–Kier alpha value is -1.98. The molecular formula is C10H12N4O3S. The molecule has 0 aliphatic heterocycles. The first kappa shape index (κ1) is 14.1. The molecule has 7 nitrogen and oxygen atoms in total. The summed E-state index contributed by atoms with van der Waals surface area (Å²) >= 11 is 0.967. The molecule has 0 fully saturated rings. The number of nitrogens with zero attached hydrogens (tertiary/aromatic N) is 2. The van der Waals surface area contributed by atoms with E-state index in [1.54, 1.807) is 6.07 Å². The lowest BCUT2D eigenvalue weighted by Gasteiger charge is -2.09. The first-order chi connectivity index (χ1) is 8.54. The van der Waals surface area contributed by atoms with Gasteiger partial charge >= 0.3 is 5.00 Å². The van der Waals surface area contributed by atoms with Crippen LogP contribution in [0.5, 0.6) is 0 Å². The second-order valence-electron chi connectivity index (χ2n) is 3.43. The van der Waals surface area contributed by atoms with Gasteiger partial charge in [-0.05, 0) is 6.07 Å². The Balaban J connectivity index is 2.52. The molecule has 0 aromatic carbocycles. The van der Waals surface area contributed by atoms with E-state index in [2.05, 4.69) is 10.6 Å². The average Bonchev–Trinajstić information content (AvgIpc) is 2.78. The molecule has 8 heteroatoms. The van der Waals surface area contributed by atoms with Crippen molar-refractivity contribution in [2.75, 3.05) is 13.1 Å². The Morgan fingerprint density at radius 3 is 2.83 bits per heavy atom. The Bertz CT molecular complexity index is 480. The molecule has 1 heterocycles. The lowest BCUT2D eigenvalue weighted by Crippen LogP contribution is -2.31. The van der Waals surface area contributed by atoms with Crippen LogP contribution in [0.3, 0.4) is 0 Å². The summed E-state index contributed by atoms with van der Waals surface area (Å²) in [6, 6.07) is 4.36. The zero-order valence-electron chi connectivity index (χ0n) is 9.67. The molecule has 0 bridgehead atoms. The molecule has 2 N–H and O–H groups in total. The third-order valence-corrected chi connectivity index (χ3v) is 3.16. The number of carbonyl (C=O) groups excluding carboxylic acids is 1. The molecule has 0 radical (unpaired) electrons. The largest absolute Gasteiger partial charge is 0.355 e. The minimum atomic E-state index is -0.600. The maximum absolute atomic E-state index is 10.6. The van der Waals surface area contributed by atoms with Gasteiger partial charge < -0.3 is 5.32 Å². The normalized spacial score (nSPS) is 11.6. The van der Waals surface area contributed by atoms with Gasteiger partial charge in [-0.25, -0.2) is 0 Å². The average molecular weight is 268 g/mol. The van der Waals surface area contributed by atoms with Crippen LogP contribution in [0.2, 0.25) is 0 Å². The van der Waals surface area contributed by atoms with E-state index in [1.807, 2.05) is 6.07 Å². The number of nitro groups is 1. The maximum atomic E-state index is 10.6. The van der Waals surface area contributed by atoms with Crippen molar-refractivity contribution in [2.24, 2.45) is 0 Å². The molecule has 0 saturated carbocycles. The lowest BCUT2D eigenvalue weighted by molar-refractivity contribution is -0.380. The Labute approximate surface area is 108 Å². The fourth-order valence-electron chi connectivity index (χ4n) is 1.26. The van der Waals surface area contributed by atoms with Gasteiger partial charge in [0.1, 0.15) is 6.04 Å². The van der Waals surface area contributed by atoms with Crippen molar-refractivity contribution in [3.8, 4) is 6.07 Å². The van der Waals surface area contributed by atoms with Crippen molar-refractivity contribution in [3.63, 3.8) is 0 Å². The number of hydrogen-bond donors (Lipinski definition) is 2. The summed E-state index contributed by atoms with van der Waals surface area (Å²) < 4.78 is 0. The van der Waals surface area contributed by atoms with E-state index in [4.69, 9.17) is 5.26 Å². The quantitative estimate of drug-likeness (QED) is 0.453. The molecule has 0 spiro atoms. The number of nitriles is 1. The third-order valence-electron chi connectivity index (χ3n) is 2.05. The molecule has 1 aromatic heterocycles. The first-order valence-electron chi connectivity index (χ1n) is 5.16. The van der Waals surface area contributed by atoms with E-state index in [9.17, 15) is 14.9 Å². The van der Waals surface area contributed by atoms with Gasteiger partial charge in [0.15, 0.2) is 0 Å². The fraction of sp³-hybridized carbons (Fsp3) is 0.400. The van der Waals surface area contributed by atoms with Crippen molar-refractivity contribution >= 4 is 22.2 Å². The predicted octanol–water partition coefficient (Wildman–Crippen LogP) is 0.947. The molecule has 18 heavy (non-hydrogen) atoms. The van der Waals surface area contributed by atoms with E-state index >= 15 is 0 Å². The molecule has 1 atom stereocenters. The highest BCUT2D eigenvalue weighted by Gasteiger charge is 2.16. The van der Waals surface area contributed by atoms with Crippen molar-refractivity contribution in [1.82, 2.24) is 10.6 Å². The standard InChI is InChI=1S/C10H12N4O3S/c1-7(15)12-4-5-13-8(6-11)9-2-3-10(18-9)14(16)17/h2-3,8,13H,4-5H2,1H3,(H,12,15). The van der Waals surface area contributed by atoms with Crippen molar-refractivity contribution in [2.45, 2.75) is 13.0 Å². The summed E-state index contributed by atoms with van der Waals surface area (Å²) in [5, 5.41) is 25.0. The van der Waals surface area contributed by atoms with Crippen LogP contribution >= 0.6 is 11.3 Å². The second kappa shape index (κ2) is 6.68. The van der Waals surface area contributed by atoms with Gasteiger partial charge in [0.25, 0.3) is 0 Å². The predicted molar refractivity (Wildman–Crippen MR) is 66.0 cm³/mol. The number of rotatable bonds is 6. The lowest BCUT2D eigenvalue weighted by atomic mass is 10.2. The molecule has 1 rings (SSSR count). The summed E-state index contributed by atoms with van der Waals surface area (Å²) in [6.07, 6.45) is 0. The molecule has 1 aromatic rings. The van der Waals surface area contributed by atoms with Gasteiger partial charge in [0.2, 0.25) is 5.91 Å². The van der Waals surface area contributed by atoms with Gasteiger partial charge in [-0.1, -0.05) is 11.3 Å². The Morgan fingerprint density at radius 2 is 2.33 bits per heavy atom. The maximum Gasteiger partial charge on any atom is 0.324 e. The Kier molecular flexibility index (Phi) is 5.23. The molecule has 1 amide bonds. The van der Waals surface area contributed by atoms with E-state index in [-0.39, 0.29) is 10.9 Å². The molecular weight excluding hydrogens is 256 g/mol. The van der Waals surface area contributed by atoms with Gasteiger partial charge in [-0.15, -0.1) is 0 Å². The van der Waals surface area contributed by atoms with Gasteiger partial charge in [0, 0.05) is 31.0 Å². The molecule has 0 saturated heterocycles. The number of amides is 1. The van der Waals surface area contributed by atoms with Gasteiger partial charge in [-0.3, -0.25) is 20.2 Å². The first-order valence-corrected chi connectivity index (χ1v) is 5.98. The van der Waals surface area contributed by atoms with Crippen LogP contribution in [-0.2, 0) is 4.79 Å². The second-order valence-corrected chi connectivity index (χ2v) is 4.53. The summed E-state index contributed by atoms with van der Waals surface area (Å²) in [5.74, 6) is -0.142. The molecule has 0 aliphatic carbocycles. The minimum Gasteiger partial charge on any atom is -0.355 e. The van der Waals surface area contributed by atoms with Crippen LogP contribution in [0.15, 0.2) is 12.1 Å². The van der Waals surface area contributed by atoms with E-state index in [0.29, 0.717) is 18.0 Å². The number of thiophene rings is 1. The van der Waals surface area contributed by atoms with E-state index in [0.717, 1.165) is 11.3 Å². The highest BCUT2D eigenvalue weighted by molar-refractivity contribution is 7.15. The highest BCUT2D eigenvalue weighted by atomic mass is 32.1. The number of nitrogens with one attached hydrogen (secondary N) is 2. The monoisotopic (exact) mass is 268 g/mol. The SMILES string of the molecule is CC(=O)NCCNC(C#N)c1ccc([N+](=O)[O-])s1. The minimum absolute atomic E-state index is 0.00825. The molecule has 96 valence electrons. The van der Waals surface area contributed by atoms with Crippen molar-refractivity contribution in [1.29, 1.82) is 5.26 Å². The molecule has 0 aliphatic rings. The zero-order chi connectivity index (χ0) is 13.5. The summed E-state index contributed by atoms with van der Waals surface area (Å²) in [5.41, 5.74) is 0. The zero-order valence-corrected chi connectivity index (χ0v) is 10.5. The van der Waals surface area contributed by atoms with Crippen LogP contribution < -0.4 is 10.6 Å². The van der Waals surface area contributed by atoms with Crippen LogP contribution in [-0.4, -0.2) is 23.9 Å².